The molecule has 0 radical (unpaired) electrons. The highest BCUT2D eigenvalue weighted by Gasteiger charge is 2.36. The van der Waals surface area contributed by atoms with Crippen molar-refractivity contribution in [2.24, 2.45) is 0 Å². The Balaban J connectivity index is 2.45. The summed E-state index contributed by atoms with van der Waals surface area (Å²) < 4.78 is 38.7. The van der Waals surface area contributed by atoms with Gasteiger partial charge >= 0.3 is 18.1 Å². The van der Waals surface area contributed by atoms with Crippen LogP contribution in [0.15, 0.2) is 24.3 Å². The van der Waals surface area contributed by atoms with Crippen LogP contribution in [0.5, 0.6) is 0 Å². The normalized spacial score (nSPS) is 12.8. The van der Waals surface area contributed by atoms with Gasteiger partial charge in [-0.25, -0.2) is 14.8 Å². The maximum atomic E-state index is 12.9. The molecule has 1 aromatic heterocycles. The van der Waals surface area contributed by atoms with Gasteiger partial charge in [0.15, 0.2) is 0 Å². The van der Waals surface area contributed by atoms with Gasteiger partial charge in [0, 0.05) is 11.8 Å². The molecular weight excluding hydrogens is 331 g/mol. The lowest BCUT2D eigenvalue weighted by Gasteiger charge is -2.17. The van der Waals surface area contributed by atoms with Crippen molar-refractivity contribution in [3.63, 3.8) is 0 Å². The topological polar surface area (TPSA) is 112 Å². The fraction of sp³-hybridized carbons (Fsp3) is 0.286. The molecule has 0 saturated carbocycles. The fourth-order valence-corrected chi connectivity index (χ4v) is 2.00. The molecule has 2 aromatic rings. The molecule has 1 aromatic carbocycles. The van der Waals surface area contributed by atoms with Crippen LogP contribution in [-0.4, -0.2) is 38.2 Å². The zero-order chi connectivity index (χ0) is 17.9. The van der Waals surface area contributed by atoms with E-state index in [1.807, 2.05) is 0 Å². The van der Waals surface area contributed by atoms with E-state index < -0.39 is 36.4 Å². The highest BCUT2D eigenvalue weighted by Crippen LogP contribution is 2.30. The van der Waals surface area contributed by atoms with Gasteiger partial charge in [-0.2, -0.15) is 13.2 Å². The van der Waals surface area contributed by atoms with E-state index in [1.165, 1.54) is 24.3 Å². The van der Waals surface area contributed by atoms with Gasteiger partial charge < -0.3 is 15.5 Å². The van der Waals surface area contributed by atoms with Crippen LogP contribution in [0.2, 0.25) is 0 Å². The Kier molecular flexibility index (Phi) is 4.86. The number of nitrogens with zero attached hydrogens (tertiary/aromatic N) is 2. The highest BCUT2D eigenvalue weighted by atomic mass is 19.4. The quantitative estimate of drug-likeness (QED) is 0.738. The third-order valence-corrected chi connectivity index (χ3v) is 3.11. The van der Waals surface area contributed by atoms with Crippen molar-refractivity contribution in [1.82, 2.24) is 9.97 Å². The summed E-state index contributed by atoms with van der Waals surface area (Å²) in [7, 11) is 0. The molecule has 0 bridgehead atoms. The number of carboxylic acids is 2. The highest BCUT2D eigenvalue weighted by molar-refractivity contribution is 5.91. The van der Waals surface area contributed by atoms with Crippen LogP contribution < -0.4 is 5.32 Å². The molecule has 1 heterocycles. The van der Waals surface area contributed by atoms with Crippen LogP contribution in [0.1, 0.15) is 18.7 Å². The molecule has 1 atom stereocenters. The maximum absolute atomic E-state index is 12.9. The SMILES string of the molecule is O=C(O)CCC(Nc1nc(C(F)(F)F)nc2ccccc12)C(=O)O. The van der Waals surface area contributed by atoms with E-state index in [0.29, 0.717) is 0 Å². The Bertz CT molecular complexity index is 779. The Morgan fingerprint density at radius 1 is 1.17 bits per heavy atom. The average molecular weight is 343 g/mol. The van der Waals surface area contributed by atoms with E-state index in [-0.39, 0.29) is 23.1 Å². The first-order chi connectivity index (χ1) is 11.2. The number of anilines is 1. The summed E-state index contributed by atoms with van der Waals surface area (Å²) in [4.78, 5) is 28.6. The minimum atomic E-state index is -4.81. The van der Waals surface area contributed by atoms with Crippen LogP contribution in [0.3, 0.4) is 0 Å². The molecule has 3 N–H and O–H groups in total. The second-order valence-corrected chi connectivity index (χ2v) is 4.88. The van der Waals surface area contributed by atoms with Crippen LogP contribution >= 0.6 is 0 Å². The first-order valence-corrected chi connectivity index (χ1v) is 6.73. The number of nitrogens with one attached hydrogen (secondary N) is 1. The number of hydrogen-bond acceptors (Lipinski definition) is 5. The standard InChI is InChI=1S/C14H12F3N3O4/c15-14(16,17)13-19-8-4-2-1-3-7(8)11(20-13)18-9(12(23)24)5-6-10(21)22/h1-4,9H,5-6H2,(H,21,22)(H,23,24)(H,18,19,20). The van der Waals surface area contributed by atoms with Gasteiger partial charge in [-0.15, -0.1) is 0 Å². The molecule has 0 aliphatic rings. The first kappa shape index (κ1) is 17.4. The van der Waals surface area contributed by atoms with Gasteiger partial charge in [0.05, 0.1) is 5.52 Å². The Morgan fingerprint density at radius 3 is 2.42 bits per heavy atom. The second-order valence-electron chi connectivity index (χ2n) is 4.88. The number of rotatable bonds is 6. The number of para-hydroxylation sites is 1. The van der Waals surface area contributed by atoms with E-state index in [4.69, 9.17) is 10.2 Å². The Morgan fingerprint density at radius 2 is 1.83 bits per heavy atom. The number of hydrogen-bond donors (Lipinski definition) is 3. The smallest absolute Gasteiger partial charge is 0.451 e. The monoisotopic (exact) mass is 343 g/mol. The average Bonchev–Trinajstić information content (AvgIpc) is 2.49. The van der Waals surface area contributed by atoms with Gasteiger partial charge in [0.2, 0.25) is 5.82 Å². The van der Waals surface area contributed by atoms with Gasteiger partial charge in [-0.1, -0.05) is 12.1 Å². The first-order valence-electron chi connectivity index (χ1n) is 6.73. The molecule has 0 fully saturated rings. The molecule has 0 aliphatic carbocycles. The zero-order valence-electron chi connectivity index (χ0n) is 12.0. The third kappa shape index (κ3) is 4.09. The summed E-state index contributed by atoms with van der Waals surface area (Å²) >= 11 is 0. The summed E-state index contributed by atoms with van der Waals surface area (Å²) in [6.07, 6.45) is -5.58. The third-order valence-electron chi connectivity index (χ3n) is 3.11. The lowest BCUT2D eigenvalue weighted by molar-refractivity contribution is -0.144. The largest absolute Gasteiger partial charge is 0.481 e. The summed E-state index contributed by atoms with van der Waals surface area (Å²) in [6.45, 7) is 0. The van der Waals surface area contributed by atoms with Crippen molar-refractivity contribution in [3.05, 3.63) is 30.1 Å². The summed E-state index contributed by atoms with van der Waals surface area (Å²) in [5.74, 6) is -4.34. The predicted octanol–water partition coefficient (Wildman–Crippen LogP) is 2.38. The summed E-state index contributed by atoms with van der Waals surface area (Å²) in [5.41, 5.74) is -0.00954. The molecule has 0 saturated heterocycles. The number of carboxylic acid groups (broad SMARTS) is 2. The number of halogens is 3. The molecular formula is C14H12F3N3O4. The van der Waals surface area contributed by atoms with Gasteiger partial charge in [-0.05, 0) is 18.6 Å². The zero-order valence-corrected chi connectivity index (χ0v) is 12.0. The number of alkyl halides is 3. The molecule has 7 nitrogen and oxygen atoms in total. The van der Waals surface area contributed by atoms with Crippen LogP contribution in [0.4, 0.5) is 19.0 Å². The molecule has 0 aliphatic heterocycles. The van der Waals surface area contributed by atoms with Crippen molar-refractivity contribution in [2.75, 3.05) is 5.32 Å². The molecule has 2 rings (SSSR count). The van der Waals surface area contributed by atoms with Crippen molar-refractivity contribution in [1.29, 1.82) is 0 Å². The minimum Gasteiger partial charge on any atom is -0.481 e. The molecule has 128 valence electrons. The molecule has 1 unspecified atom stereocenters. The van der Waals surface area contributed by atoms with Crippen molar-refractivity contribution < 1.29 is 33.0 Å². The number of aliphatic carboxylic acids is 2. The van der Waals surface area contributed by atoms with E-state index in [2.05, 4.69) is 15.3 Å². The van der Waals surface area contributed by atoms with E-state index in [9.17, 15) is 22.8 Å². The van der Waals surface area contributed by atoms with Crippen LogP contribution in [-0.2, 0) is 15.8 Å². The lowest BCUT2D eigenvalue weighted by Crippen LogP contribution is -2.31. The van der Waals surface area contributed by atoms with E-state index in [1.54, 1.807) is 0 Å². The predicted molar refractivity (Wildman–Crippen MR) is 76.5 cm³/mol. The fourth-order valence-electron chi connectivity index (χ4n) is 2.00. The summed E-state index contributed by atoms with van der Waals surface area (Å²) in [5, 5.41) is 20.3. The lowest BCUT2D eigenvalue weighted by atomic mass is 10.1. The number of carbonyl (C=O) groups is 2. The Hall–Kier alpha value is -2.91. The maximum Gasteiger partial charge on any atom is 0.451 e. The second kappa shape index (κ2) is 6.69. The molecule has 0 spiro atoms. The Labute approximate surface area is 133 Å². The molecule has 10 heteroatoms. The molecule has 0 amide bonds. The molecule has 24 heavy (non-hydrogen) atoms. The number of benzene rings is 1. The van der Waals surface area contributed by atoms with Crippen molar-refractivity contribution >= 4 is 28.7 Å². The van der Waals surface area contributed by atoms with Gasteiger partial charge in [-0.3, -0.25) is 4.79 Å². The van der Waals surface area contributed by atoms with E-state index >= 15 is 0 Å². The van der Waals surface area contributed by atoms with Crippen LogP contribution in [0.25, 0.3) is 10.9 Å². The summed E-state index contributed by atoms with van der Waals surface area (Å²) in [6, 6.07) is 4.40. The van der Waals surface area contributed by atoms with Crippen molar-refractivity contribution in [3.8, 4) is 0 Å². The van der Waals surface area contributed by atoms with E-state index in [0.717, 1.165) is 0 Å². The minimum absolute atomic E-state index is 0.00954. The number of fused-ring (bicyclic) bond motifs is 1. The van der Waals surface area contributed by atoms with Crippen molar-refractivity contribution in [2.45, 2.75) is 25.1 Å². The van der Waals surface area contributed by atoms with Crippen LogP contribution in [0, 0.1) is 0 Å². The number of aromatic nitrogens is 2. The van der Waals surface area contributed by atoms with Gasteiger partial charge in [0.25, 0.3) is 0 Å². The van der Waals surface area contributed by atoms with Gasteiger partial charge in [0.1, 0.15) is 11.9 Å².